The average Bonchev–Trinajstić information content (AvgIpc) is 3.04. The van der Waals surface area contributed by atoms with Gasteiger partial charge in [0.2, 0.25) is 15.9 Å². The van der Waals surface area contributed by atoms with Gasteiger partial charge in [-0.2, -0.15) is 4.72 Å². The van der Waals surface area contributed by atoms with Crippen molar-refractivity contribution in [3.63, 3.8) is 0 Å². The SMILES string of the molecule is CC(C)(C)c1ccc(S(=O)(=O)NC(CO)C(=O)Nc2nccs2)cc1. The van der Waals surface area contributed by atoms with E-state index in [9.17, 15) is 18.3 Å². The second kappa shape index (κ2) is 7.61. The number of sulfonamides is 1. The Labute approximate surface area is 151 Å². The van der Waals surface area contributed by atoms with Crippen LogP contribution in [0.2, 0.25) is 0 Å². The highest BCUT2D eigenvalue weighted by Crippen LogP contribution is 2.23. The molecule has 0 spiro atoms. The van der Waals surface area contributed by atoms with Crippen LogP contribution in [0, 0.1) is 0 Å². The van der Waals surface area contributed by atoms with E-state index in [1.54, 1.807) is 17.5 Å². The highest BCUT2D eigenvalue weighted by atomic mass is 32.2. The molecule has 0 bridgehead atoms. The lowest BCUT2D eigenvalue weighted by Crippen LogP contribution is -2.46. The molecule has 1 aromatic heterocycles. The number of aromatic nitrogens is 1. The van der Waals surface area contributed by atoms with Crippen molar-refractivity contribution in [3.8, 4) is 0 Å². The summed E-state index contributed by atoms with van der Waals surface area (Å²) in [7, 11) is -3.95. The third-order valence-electron chi connectivity index (χ3n) is 3.49. The van der Waals surface area contributed by atoms with Crippen LogP contribution in [-0.4, -0.2) is 37.1 Å². The zero-order valence-electron chi connectivity index (χ0n) is 14.2. The molecule has 1 aromatic carbocycles. The van der Waals surface area contributed by atoms with Crippen LogP contribution in [0.1, 0.15) is 26.3 Å². The molecule has 1 heterocycles. The number of hydrogen-bond acceptors (Lipinski definition) is 6. The number of nitrogens with one attached hydrogen (secondary N) is 2. The van der Waals surface area contributed by atoms with Crippen LogP contribution in [-0.2, 0) is 20.2 Å². The van der Waals surface area contributed by atoms with Crippen LogP contribution in [0.4, 0.5) is 5.13 Å². The quantitative estimate of drug-likeness (QED) is 0.704. The summed E-state index contributed by atoms with van der Waals surface area (Å²) in [6.07, 6.45) is 1.51. The van der Waals surface area contributed by atoms with Crippen molar-refractivity contribution in [3.05, 3.63) is 41.4 Å². The lowest BCUT2D eigenvalue weighted by Gasteiger charge is -2.20. The van der Waals surface area contributed by atoms with Gasteiger partial charge in [0.1, 0.15) is 6.04 Å². The summed E-state index contributed by atoms with van der Waals surface area (Å²) in [4.78, 5) is 16.0. The topological polar surface area (TPSA) is 108 Å². The van der Waals surface area contributed by atoms with Gasteiger partial charge >= 0.3 is 0 Å². The molecule has 3 N–H and O–H groups in total. The zero-order valence-corrected chi connectivity index (χ0v) is 15.8. The van der Waals surface area contributed by atoms with E-state index in [0.29, 0.717) is 5.13 Å². The molecule has 0 radical (unpaired) electrons. The molecule has 0 fully saturated rings. The van der Waals surface area contributed by atoms with Gasteiger partial charge in [0.15, 0.2) is 5.13 Å². The van der Waals surface area contributed by atoms with Gasteiger partial charge in [-0.15, -0.1) is 11.3 Å². The normalized spacial score (nSPS) is 13.4. The number of thiazole rings is 1. The first-order valence-electron chi connectivity index (χ1n) is 7.57. The summed E-state index contributed by atoms with van der Waals surface area (Å²) in [5.74, 6) is -0.674. The molecule has 0 saturated heterocycles. The summed E-state index contributed by atoms with van der Waals surface area (Å²) in [5.41, 5.74) is 0.892. The number of aliphatic hydroxyl groups is 1. The van der Waals surface area contributed by atoms with Crippen molar-refractivity contribution in [1.29, 1.82) is 0 Å². The van der Waals surface area contributed by atoms with Gasteiger partial charge in [0.25, 0.3) is 0 Å². The number of nitrogens with zero attached hydrogens (tertiary/aromatic N) is 1. The van der Waals surface area contributed by atoms with Crippen LogP contribution in [0.5, 0.6) is 0 Å². The first-order valence-corrected chi connectivity index (χ1v) is 9.94. The monoisotopic (exact) mass is 383 g/mol. The fourth-order valence-electron chi connectivity index (χ4n) is 2.04. The number of hydrogen-bond donors (Lipinski definition) is 3. The van der Waals surface area contributed by atoms with Gasteiger partial charge in [-0.1, -0.05) is 32.9 Å². The van der Waals surface area contributed by atoms with Crippen LogP contribution < -0.4 is 10.0 Å². The fourth-order valence-corrected chi connectivity index (χ4v) is 3.76. The van der Waals surface area contributed by atoms with Crippen molar-refractivity contribution in [2.24, 2.45) is 0 Å². The number of rotatable bonds is 6. The van der Waals surface area contributed by atoms with Crippen molar-refractivity contribution < 1.29 is 18.3 Å². The number of carbonyl (C=O) groups excluding carboxylic acids is 1. The molecule has 0 saturated carbocycles. The summed E-state index contributed by atoms with van der Waals surface area (Å²) in [6, 6.07) is 5.12. The molecule has 2 aromatic rings. The Bertz CT molecular complexity index is 810. The minimum atomic E-state index is -3.95. The predicted molar refractivity (Wildman–Crippen MR) is 97.1 cm³/mol. The molecule has 7 nitrogen and oxygen atoms in total. The van der Waals surface area contributed by atoms with Gasteiger partial charge in [-0.25, -0.2) is 13.4 Å². The number of carbonyl (C=O) groups is 1. The first-order chi connectivity index (χ1) is 11.6. The molecule has 9 heteroatoms. The molecule has 1 atom stereocenters. The third-order valence-corrected chi connectivity index (χ3v) is 5.67. The van der Waals surface area contributed by atoms with E-state index in [2.05, 4.69) is 15.0 Å². The Morgan fingerprint density at radius 3 is 2.40 bits per heavy atom. The lowest BCUT2D eigenvalue weighted by atomic mass is 9.87. The average molecular weight is 383 g/mol. The minimum absolute atomic E-state index is 0.0287. The van der Waals surface area contributed by atoms with Gasteiger partial charge in [-0.3, -0.25) is 4.79 Å². The largest absolute Gasteiger partial charge is 0.394 e. The molecule has 1 unspecified atom stereocenters. The summed E-state index contributed by atoms with van der Waals surface area (Å²) >= 11 is 1.20. The smallest absolute Gasteiger partial charge is 0.246 e. The molecular weight excluding hydrogens is 362 g/mol. The van der Waals surface area contributed by atoms with E-state index in [1.165, 1.54) is 29.7 Å². The van der Waals surface area contributed by atoms with E-state index in [-0.39, 0.29) is 10.3 Å². The fraction of sp³-hybridized carbons (Fsp3) is 0.375. The second-order valence-corrected chi connectivity index (χ2v) is 9.07. The molecule has 2 rings (SSSR count). The van der Waals surface area contributed by atoms with Crippen molar-refractivity contribution in [1.82, 2.24) is 9.71 Å². The van der Waals surface area contributed by atoms with Gasteiger partial charge < -0.3 is 10.4 Å². The number of benzene rings is 1. The van der Waals surface area contributed by atoms with E-state index in [0.717, 1.165) is 5.56 Å². The third kappa shape index (κ3) is 5.08. The Kier molecular flexibility index (Phi) is 5.94. The maximum Gasteiger partial charge on any atom is 0.246 e. The molecule has 25 heavy (non-hydrogen) atoms. The second-order valence-electron chi connectivity index (χ2n) is 6.46. The van der Waals surface area contributed by atoms with E-state index >= 15 is 0 Å². The zero-order chi connectivity index (χ0) is 18.7. The minimum Gasteiger partial charge on any atom is -0.394 e. The Morgan fingerprint density at radius 2 is 1.92 bits per heavy atom. The Morgan fingerprint density at radius 1 is 1.28 bits per heavy atom. The molecule has 0 aliphatic carbocycles. The highest BCUT2D eigenvalue weighted by molar-refractivity contribution is 7.89. The molecule has 1 amide bonds. The highest BCUT2D eigenvalue weighted by Gasteiger charge is 2.26. The van der Waals surface area contributed by atoms with E-state index in [1.807, 2.05) is 20.8 Å². The van der Waals surface area contributed by atoms with Gasteiger partial charge in [-0.05, 0) is 23.1 Å². The number of amides is 1. The van der Waals surface area contributed by atoms with Gasteiger partial charge in [0, 0.05) is 11.6 Å². The standard InChI is InChI=1S/C16H21N3O4S2/c1-16(2,3)11-4-6-12(7-5-11)25(22,23)19-13(10-20)14(21)18-15-17-8-9-24-15/h4-9,13,19-20H,10H2,1-3H3,(H,17,18,21). The first kappa shape index (κ1) is 19.5. The summed E-state index contributed by atoms with van der Waals surface area (Å²) < 4.78 is 27.1. The molecule has 136 valence electrons. The predicted octanol–water partition coefficient (Wildman–Crippen LogP) is 1.72. The van der Waals surface area contributed by atoms with Crippen LogP contribution >= 0.6 is 11.3 Å². The van der Waals surface area contributed by atoms with Gasteiger partial charge in [0.05, 0.1) is 11.5 Å². The lowest BCUT2D eigenvalue weighted by molar-refractivity contribution is -0.118. The van der Waals surface area contributed by atoms with Crippen molar-refractivity contribution >= 4 is 32.4 Å². The van der Waals surface area contributed by atoms with E-state index in [4.69, 9.17) is 0 Å². The Balaban J connectivity index is 2.14. The molecular formula is C16H21N3O4S2. The number of aliphatic hydroxyl groups excluding tert-OH is 1. The van der Waals surface area contributed by atoms with Crippen LogP contribution in [0.25, 0.3) is 0 Å². The van der Waals surface area contributed by atoms with Crippen molar-refractivity contribution in [2.75, 3.05) is 11.9 Å². The van der Waals surface area contributed by atoms with E-state index < -0.39 is 28.6 Å². The molecule has 0 aliphatic heterocycles. The molecule has 0 aliphatic rings. The number of anilines is 1. The van der Waals surface area contributed by atoms with Crippen molar-refractivity contribution in [2.45, 2.75) is 37.1 Å². The van der Waals surface area contributed by atoms with Crippen LogP contribution in [0.15, 0.2) is 40.7 Å². The summed E-state index contributed by atoms with van der Waals surface area (Å²) in [6.45, 7) is 5.41. The van der Waals surface area contributed by atoms with Crippen LogP contribution in [0.3, 0.4) is 0 Å². The Hall–Kier alpha value is -1.81. The maximum atomic E-state index is 12.5. The summed E-state index contributed by atoms with van der Waals surface area (Å²) in [5, 5.41) is 13.8. The maximum absolute atomic E-state index is 12.5.